The van der Waals surface area contributed by atoms with Crippen molar-refractivity contribution in [2.75, 3.05) is 12.5 Å². The zero-order valence-electron chi connectivity index (χ0n) is 10.6. The van der Waals surface area contributed by atoms with Crippen molar-refractivity contribution >= 4 is 40.1 Å². The molecule has 0 bridgehead atoms. The molecule has 0 aliphatic rings. The van der Waals surface area contributed by atoms with E-state index in [0.717, 1.165) is 22.0 Å². The van der Waals surface area contributed by atoms with Gasteiger partial charge in [-0.25, -0.2) is 4.79 Å². The fourth-order valence-electron chi connectivity index (χ4n) is 2.12. The molecule has 0 amide bonds. The van der Waals surface area contributed by atoms with Crippen molar-refractivity contribution in [3.05, 3.63) is 35.0 Å². The normalized spacial score (nSPS) is 10.9. The molecule has 2 aromatic rings. The summed E-state index contributed by atoms with van der Waals surface area (Å²) in [5.74, 6) is 0.553. The molecule has 0 fully saturated rings. The summed E-state index contributed by atoms with van der Waals surface area (Å²) < 4.78 is 5.06. The van der Waals surface area contributed by atoms with Gasteiger partial charge in [0.15, 0.2) is 0 Å². The molecule has 1 aromatic heterocycles. The Balaban J connectivity index is 2.55. The number of carbonyl (C=O) groups is 1. The maximum absolute atomic E-state index is 11.9. The molecule has 5 heteroatoms. The first kappa shape index (κ1) is 14.2. The monoisotopic (exact) mass is 299 g/mol. The average Bonchev–Trinajstić information content (AvgIpc) is 2.77. The molecule has 1 heterocycles. The summed E-state index contributed by atoms with van der Waals surface area (Å²) in [6.07, 6.45) is 0.621. The number of fused-ring (bicyclic) bond motifs is 1. The van der Waals surface area contributed by atoms with Crippen LogP contribution in [0.15, 0.2) is 18.2 Å². The van der Waals surface area contributed by atoms with E-state index >= 15 is 0 Å². The Bertz CT molecular complexity index is 592. The quantitative estimate of drug-likeness (QED) is 0.673. The molecule has 3 nitrogen and oxygen atoms in total. The number of ether oxygens (including phenoxy) is 1. The lowest BCUT2D eigenvalue weighted by atomic mass is 10.1. The van der Waals surface area contributed by atoms with E-state index in [1.807, 2.05) is 18.2 Å². The van der Waals surface area contributed by atoms with Crippen LogP contribution in [-0.2, 0) is 17.0 Å². The Kier molecular flexibility index (Phi) is 4.72. The highest BCUT2D eigenvalue weighted by molar-refractivity contribution is 6.18. The van der Waals surface area contributed by atoms with Gasteiger partial charge in [-0.3, -0.25) is 0 Å². The largest absolute Gasteiger partial charge is 0.461 e. The van der Waals surface area contributed by atoms with Gasteiger partial charge in [-0.2, -0.15) is 0 Å². The van der Waals surface area contributed by atoms with E-state index < -0.39 is 0 Å². The molecule has 0 spiro atoms. The van der Waals surface area contributed by atoms with E-state index in [-0.39, 0.29) is 5.97 Å². The van der Waals surface area contributed by atoms with Gasteiger partial charge in [0.25, 0.3) is 0 Å². The molecule has 0 saturated carbocycles. The number of carbonyl (C=O) groups excluding carboxylic acids is 1. The van der Waals surface area contributed by atoms with E-state index in [0.29, 0.717) is 30.5 Å². The average molecular weight is 300 g/mol. The lowest BCUT2D eigenvalue weighted by molar-refractivity contribution is 0.0519. The lowest BCUT2D eigenvalue weighted by Crippen LogP contribution is -2.08. The van der Waals surface area contributed by atoms with Crippen molar-refractivity contribution in [3.8, 4) is 0 Å². The second-order valence-corrected chi connectivity index (χ2v) is 4.80. The van der Waals surface area contributed by atoms with E-state index in [4.69, 9.17) is 27.9 Å². The summed E-state index contributed by atoms with van der Waals surface area (Å²) in [5.41, 5.74) is 3.29. The summed E-state index contributed by atoms with van der Waals surface area (Å²) in [4.78, 5) is 15.1. The summed E-state index contributed by atoms with van der Waals surface area (Å²) in [5, 5.41) is 0.998. The van der Waals surface area contributed by atoms with Gasteiger partial charge in [-0.15, -0.1) is 23.2 Å². The van der Waals surface area contributed by atoms with Gasteiger partial charge < -0.3 is 9.72 Å². The number of esters is 1. The van der Waals surface area contributed by atoms with Gasteiger partial charge in [0.05, 0.1) is 6.61 Å². The smallest absolute Gasteiger partial charge is 0.355 e. The molecule has 1 N–H and O–H groups in total. The van der Waals surface area contributed by atoms with Crippen LogP contribution in [0.4, 0.5) is 0 Å². The standard InChI is InChI=1S/C14H15Cl2NO2/c1-2-19-14(18)13-11(5-6-15)10-4-3-9(8-16)7-12(10)17-13/h3-4,7,17H,2,5-6,8H2,1H3. The van der Waals surface area contributed by atoms with Crippen molar-refractivity contribution in [2.24, 2.45) is 0 Å². The Hall–Kier alpha value is -1.19. The third-order valence-corrected chi connectivity index (χ3v) is 3.45. The molecular weight excluding hydrogens is 285 g/mol. The maximum atomic E-state index is 11.9. The molecule has 0 unspecified atom stereocenters. The van der Waals surface area contributed by atoms with Crippen LogP contribution in [-0.4, -0.2) is 23.4 Å². The minimum Gasteiger partial charge on any atom is -0.461 e. The van der Waals surface area contributed by atoms with Crippen molar-refractivity contribution < 1.29 is 9.53 Å². The molecule has 0 aliphatic heterocycles. The highest BCUT2D eigenvalue weighted by Crippen LogP contribution is 2.25. The summed E-state index contributed by atoms with van der Waals surface area (Å²) in [6.45, 7) is 2.13. The number of aromatic amines is 1. The first-order chi connectivity index (χ1) is 9.21. The molecular formula is C14H15Cl2NO2. The van der Waals surface area contributed by atoms with E-state index in [1.54, 1.807) is 6.92 Å². The van der Waals surface area contributed by atoms with Crippen LogP contribution in [0.1, 0.15) is 28.5 Å². The number of rotatable bonds is 5. The minimum atomic E-state index is -0.341. The maximum Gasteiger partial charge on any atom is 0.355 e. The number of hydrogen-bond donors (Lipinski definition) is 1. The predicted octanol–water partition coefficient (Wildman–Crippen LogP) is 3.86. The molecule has 2 rings (SSSR count). The fourth-order valence-corrected chi connectivity index (χ4v) is 2.47. The number of hydrogen-bond acceptors (Lipinski definition) is 2. The highest BCUT2D eigenvalue weighted by Gasteiger charge is 2.18. The van der Waals surface area contributed by atoms with Gasteiger partial charge in [0, 0.05) is 22.7 Å². The van der Waals surface area contributed by atoms with Crippen molar-refractivity contribution in [1.82, 2.24) is 4.98 Å². The van der Waals surface area contributed by atoms with Crippen molar-refractivity contribution in [1.29, 1.82) is 0 Å². The predicted molar refractivity (Wildman–Crippen MR) is 78.2 cm³/mol. The number of halogens is 2. The third kappa shape index (κ3) is 2.88. The second kappa shape index (κ2) is 6.31. The Morgan fingerprint density at radius 1 is 1.37 bits per heavy atom. The Labute approximate surface area is 121 Å². The number of aromatic nitrogens is 1. The molecule has 0 aliphatic carbocycles. The second-order valence-electron chi connectivity index (χ2n) is 4.15. The molecule has 0 atom stereocenters. The third-order valence-electron chi connectivity index (χ3n) is 2.95. The zero-order valence-corrected chi connectivity index (χ0v) is 12.1. The van der Waals surface area contributed by atoms with Crippen LogP contribution < -0.4 is 0 Å². The van der Waals surface area contributed by atoms with Crippen LogP contribution >= 0.6 is 23.2 Å². The van der Waals surface area contributed by atoms with Crippen LogP contribution in [0, 0.1) is 0 Å². The Morgan fingerprint density at radius 3 is 2.79 bits per heavy atom. The SMILES string of the molecule is CCOC(=O)c1[nH]c2cc(CCl)ccc2c1CCCl. The number of alkyl halides is 2. The summed E-state index contributed by atoms with van der Waals surface area (Å²) in [6, 6.07) is 5.87. The van der Waals surface area contributed by atoms with Crippen LogP contribution in [0.5, 0.6) is 0 Å². The van der Waals surface area contributed by atoms with Gasteiger partial charge in [-0.05, 0) is 30.5 Å². The first-order valence-corrected chi connectivity index (χ1v) is 7.20. The fraction of sp³-hybridized carbons (Fsp3) is 0.357. The molecule has 19 heavy (non-hydrogen) atoms. The molecule has 0 radical (unpaired) electrons. The minimum absolute atomic E-state index is 0.341. The van der Waals surface area contributed by atoms with E-state index in [1.165, 1.54) is 0 Å². The number of nitrogens with one attached hydrogen (secondary N) is 1. The summed E-state index contributed by atoms with van der Waals surface area (Å²) >= 11 is 11.6. The topological polar surface area (TPSA) is 42.1 Å². The number of H-pyrrole nitrogens is 1. The first-order valence-electron chi connectivity index (χ1n) is 6.13. The van der Waals surface area contributed by atoms with Crippen molar-refractivity contribution in [3.63, 3.8) is 0 Å². The molecule has 1 aromatic carbocycles. The van der Waals surface area contributed by atoms with Crippen molar-refractivity contribution in [2.45, 2.75) is 19.2 Å². The van der Waals surface area contributed by atoms with E-state index in [9.17, 15) is 4.79 Å². The molecule has 102 valence electrons. The lowest BCUT2D eigenvalue weighted by Gasteiger charge is -2.02. The van der Waals surface area contributed by atoms with Gasteiger partial charge in [-0.1, -0.05) is 12.1 Å². The van der Waals surface area contributed by atoms with Crippen LogP contribution in [0.2, 0.25) is 0 Å². The highest BCUT2D eigenvalue weighted by atomic mass is 35.5. The van der Waals surface area contributed by atoms with Gasteiger partial charge >= 0.3 is 5.97 Å². The zero-order chi connectivity index (χ0) is 13.8. The van der Waals surface area contributed by atoms with Gasteiger partial charge in [0.2, 0.25) is 0 Å². The molecule has 0 saturated heterocycles. The summed E-state index contributed by atoms with van der Waals surface area (Å²) in [7, 11) is 0. The number of aryl methyl sites for hydroxylation is 1. The van der Waals surface area contributed by atoms with E-state index in [2.05, 4.69) is 4.98 Å². The van der Waals surface area contributed by atoms with Crippen LogP contribution in [0.25, 0.3) is 10.9 Å². The van der Waals surface area contributed by atoms with Gasteiger partial charge in [0.1, 0.15) is 5.69 Å². The van der Waals surface area contributed by atoms with Crippen LogP contribution in [0.3, 0.4) is 0 Å². The Morgan fingerprint density at radius 2 is 2.16 bits per heavy atom. The number of benzene rings is 1.